The van der Waals surface area contributed by atoms with Gasteiger partial charge in [0.05, 0.1) is 0 Å². The second kappa shape index (κ2) is 14.4. The molecule has 0 aromatic carbocycles. The highest BCUT2D eigenvalue weighted by Gasteiger charge is 2.16. The molecule has 0 aliphatic carbocycles. The van der Waals surface area contributed by atoms with Gasteiger partial charge in [0.1, 0.15) is 0 Å². The van der Waals surface area contributed by atoms with Crippen LogP contribution in [0.25, 0.3) is 0 Å². The summed E-state index contributed by atoms with van der Waals surface area (Å²) in [6.07, 6.45) is 15.1. The van der Waals surface area contributed by atoms with E-state index in [2.05, 4.69) is 26.1 Å². The molecule has 1 amide bonds. The van der Waals surface area contributed by atoms with Crippen molar-refractivity contribution >= 4 is 5.91 Å². The zero-order chi connectivity index (χ0) is 15.9. The minimum atomic E-state index is 0.247. The summed E-state index contributed by atoms with van der Waals surface area (Å²) in [5.41, 5.74) is 0. The highest BCUT2D eigenvalue weighted by Crippen LogP contribution is 2.22. The number of unbranched alkanes of at least 4 members (excludes halogenated alkanes) is 4. The Bertz CT molecular complexity index is 240. The summed E-state index contributed by atoms with van der Waals surface area (Å²) in [7, 11) is 1.77. The smallest absolute Gasteiger partial charge is 0.222 e. The van der Waals surface area contributed by atoms with Crippen molar-refractivity contribution in [2.45, 2.75) is 97.8 Å². The third kappa shape index (κ3) is 10.8. The van der Waals surface area contributed by atoms with Gasteiger partial charge in [-0.2, -0.15) is 0 Å². The molecule has 0 saturated carbocycles. The Kier molecular flexibility index (Phi) is 14.0. The first-order valence-corrected chi connectivity index (χ1v) is 9.41. The zero-order valence-corrected chi connectivity index (χ0v) is 15.0. The van der Waals surface area contributed by atoms with E-state index < -0.39 is 0 Å². The summed E-state index contributed by atoms with van der Waals surface area (Å²) in [6.45, 7) is 6.81. The van der Waals surface area contributed by atoms with Crippen LogP contribution in [-0.2, 0) is 4.79 Å². The summed E-state index contributed by atoms with van der Waals surface area (Å²) in [4.78, 5) is 11.9. The van der Waals surface area contributed by atoms with E-state index in [4.69, 9.17) is 0 Å². The maximum absolute atomic E-state index is 11.9. The van der Waals surface area contributed by atoms with Crippen LogP contribution in [0.3, 0.4) is 0 Å². The molecule has 1 N–H and O–H groups in total. The van der Waals surface area contributed by atoms with E-state index in [1.54, 1.807) is 7.05 Å². The summed E-state index contributed by atoms with van der Waals surface area (Å²) in [5.74, 6) is 1.41. The summed E-state index contributed by atoms with van der Waals surface area (Å²) in [6, 6.07) is 0. The van der Waals surface area contributed by atoms with Crippen molar-refractivity contribution in [3.8, 4) is 0 Å². The fourth-order valence-corrected chi connectivity index (χ4v) is 3.12. The minimum absolute atomic E-state index is 0.247. The third-order valence-corrected chi connectivity index (χ3v) is 4.73. The lowest BCUT2D eigenvalue weighted by molar-refractivity contribution is -0.125. The van der Waals surface area contributed by atoms with Crippen LogP contribution in [0.2, 0.25) is 0 Å². The van der Waals surface area contributed by atoms with Crippen LogP contribution >= 0.6 is 0 Å². The van der Waals surface area contributed by atoms with Crippen LogP contribution in [0.4, 0.5) is 0 Å². The number of nitrogens with one attached hydrogen (secondary N) is 1. The molecule has 0 aliphatic heterocycles. The van der Waals surface area contributed by atoms with Crippen LogP contribution in [0.1, 0.15) is 97.8 Å². The van der Waals surface area contributed by atoms with Crippen LogP contribution in [0.5, 0.6) is 0 Å². The molecule has 2 nitrogen and oxygen atoms in total. The van der Waals surface area contributed by atoms with Gasteiger partial charge in [0.15, 0.2) is 0 Å². The molecule has 0 aliphatic rings. The van der Waals surface area contributed by atoms with E-state index in [-0.39, 0.29) is 11.8 Å². The molecule has 0 aromatic heterocycles. The van der Waals surface area contributed by atoms with Gasteiger partial charge < -0.3 is 5.32 Å². The lowest BCUT2D eigenvalue weighted by Gasteiger charge is -2.17. The average Bonchev–Trinajstić information content (AvgIpc) is 2.51. The molecular formula is C19H39NO. The van der Waals surface area contributed by atoms with Gasteiger partial charge in [-0.3, -0.25) is 4.79 Å². The van der Waals surface area contributed by atoms with Crippen LogP contribution in [0, 0.1) is 11.8 Å². The van der Waals surface area contributed by atoms with E-state index in [0.29, 0.717) is 0 Å². The fraction of sp³-hybridized carbons (Fsp3) is 0.947. The molecule has 2 atom stereocenters. The Balaban J connectivity index is 3.91. The number of carbonyl (C=O) groups excluding carboxylic acids is 1. The van der Waals surface area contributed by atoms with Crippen molar-refractivity contribution in [2.24, 2.45) is 11.8 Å². The lowest BCUT2D eigenvalue weighted by atomic mass is 9.90. The van der Waals surface area contributed by atoms with Gasteiger partial charge in [-0.25, -0.2) is 0 Å². The molecule has 0 heterocycles. The molecular weight excluding hydrogens is 258 g/mol. The quantitative estimate of drug-likeness (QED) is 0.409. The molecule has 126 valence electrons. The molecule has 0 radical (unpaired) electrons. The maximum Gasteiger partial charge on any atom is 0.222 e. The molecule has 0 aromatic rings. The molecule has 21 heavy (non-hydrogen) atoms. The van der Waals surface area contributed by atoms with Gasteiger partial charge in [0.25, 0.3) is 0 Å². The van der Waals surface area contributed by atoms with Gasteiger partial charge in [-0.15, -0.1) is 0 Å². The van der Waals surface area contributed by atoms with E-state index in [1.165, 1.54) is 64.2 Å². The largest absolute Gasteiger partial charge is 0.359 e. The van der Waals surface area contributed by atoms with Crippen molar-refractivity contribution in [1.29, 1.82) is 0 Å². The normalized spacial score (nSPS) is 13.9. The second-order valence-corrected chi connectivity index (χ2v) is 6.51. The van der Waals surface area contributed by atoms with Gasteiger partial charge in [0, 0.05) is 13.0 Å². The van der Waals surface area contributed by atoms with Crippen molar-refractivity contribution in [1.82, 2.24) is 5.32 Å². The van der Waals surface area contributed by atoms with Crippen LogP contribution < -0.4 is 5.32 Å². The molecule has 0 bridgehead atoms. The van der Waals surface area contributed by atoms with E-state index in [1.807, 2.05) is 0 Å². The number of carbonyl (C=O) groups is 1. The third-order valence-electron chi connectivity index (χ3n) is 4.73. The minimum Gasteiger partial charge on any atom is -0.359 e. The first kappa shape index (κ1) is 20.5. The number of rotatable bonds is 14. The zero-order valence-electron chi connectivity index (χ0n) is 15.0. The van der Waals surface area contributed by atoms with E-state index in [9.17, 15) is 4.79 Å². The summed E-state index contributed by atoms with van der Waals surface area (Å²) < 4.78 is 0. The Morgan fingerprint density at radius 3 is 1.86 bits per heavy atom. The van der Waals surface area contributed by atoms with E-state index >= 15 is 0 Å². The van der Waals surface area contributed by atoms with Gasteiger partial charge in [0.2, 0.25) is 5.91 Å². The summed E-state index contributed by atoms with van der Waals surface area (Å²) in [5, 5.41) is 2.84. The number of hydrogen-bond donors (Lipinski definition) is 1. The molecule has 0 saturated heterocycles. The maximum atomic E-state index is 11.9. The predicted molar refractivity (Wildman–Crippen MR) is 93.5 cm³/mol. The van der Waals surface area contributed by atoms with Gasteiger partial charge in [-0.1, -0.05) is 85.0 Å². The predicted octanol–water partition coefficient (Wildman–Crippen LogP) is 5.71. The Morgan fingerprint density at radius 1 is 0.810 bits per heavy atom. The van der Waals surface area contributed by atoms with Gasteiger partial charge in [-0.05, 0) is 18.8 Å². The molecule has 0 rings (SSSR count). The van der Waals surface area contributed by atoms with Crippen molar-refractivity contribution < 1.29 is 4.79 Å². The summed E-state index contributed by atoms with van der Waals surface area (Å²) >= 11 is 0. The SMILES string of the molecule is CCCCC[C@@H](CCCC[C@H](CC)CCCC)C(=O)NC. The highest BCUT2D eigenvalue weighted by molar-refractivity contribution is 5.78. The van der Waals surface area contributed by atoms with Crippen molar-refractivity contribution in [2.75, 3.05) is 7.05 Å². The number of hydrogen-bond acceptors (Lipinski definition) is 1. The van der Waals surface area contributed by atoms with Crippen molar-refractivity contribution in [3.05, 3.63) is 0 Å². The van der Waals surface area contributed by atoms with Gasteiger partial charge >= 0.3 is 0 Å². The van der Waals surface area contributed by atoms with E-state index in [0.717, 1.165) is 18.8 Å². The monoisotopic (exact) mass is 297 g/mol. The van der Waals surface area contributed by atoms with Crippen LogP contribution in [0.15, 0.2) is 0 Å². The fourth-order valence-electron chi connectivity index (χ4n) is 3.12. The highest BCUT2D eigenvalue weighted by atomic mass is 16.1. The standard InChI is InChI=1S/C19H39NO/c1-5-8-10-15-18(19(21)20-4)16-12-11-14-17(7-3)13-9-6-2/h17-18H,5-16H2,1-4H3,(H,20,21)/t17-,18+/m1/s1. The molecule has 0 fully saturated rings. The first-order valence-electron chi connectivity index (χ1n) is 9.41. The molecule has 2 heteroatoms. The van der Waals surface area contributed by atoms with Crippen LogP contribution in [-0.4, -0.2) is 13.0 Å². The average molecular weight is 298 g/mol. The van der Waals surface area contributed by atoms with Crippen molar-refractivity contribution in [3.63, 3.8) is 0 Å². The second-order valence-electron chi connectivity index (χ2n) is 6.51. The molecule has 0 unspecified atom stereocenters. The Labute approximate surface area is 133 Å². The first-order chi connectivity index (χ1) is 10.2. The number of amides is 1. The molecule has 0 spiro atoms. The lowest BCUT2D eigenvalue weighted by Crippen LogP contribution is -2.27. The Hall–Kier alpha value is -0.530. The Morgan fingerprint density at radius 2 is 1.33 bits per heavy atom. The topological polar surface area (TPSA) is 29.1 Å².